The van der Waals surface area contributed by atoms with E-state index in [0.717, 1.165) is 11.0 Å². The van der Waals surface area contributed by atoms with E-state index in [1.165, 1.54) is 18.4 Å². The van der Waals surface area contributed by atoms with Crippen LogP contribution in [0.5, 0.6) is 5.75 Å². The molecule has 7 heteroatoms. The molecule has 0 N–H and O–H groups in total. The maximum atomic E-state index is 11.4. The molecule has 0 atom stereocenters. The number of rotatable bonds is 3. The van der Waals surface area contributed by atoms with Crippen molar-refractivity contribution in [3.05, 3.63) is 29.1 Å². The predicted octanol–water partition coefficient (Wildman–Crippen LogP) is 2.03. The van der Waals surface area contributed by atoms with Crippen molar-refractivity contribution in [3.63, 3.8) is 0 Å². The van der Waals surface area contributed by atoms with Crippen molar-refractivity contribution in [1.82, 2.24) is 0 Å². The van der Waals surface area contributed by atoms with E-state index >= 15 is 0 Å². The van der Waals surface area contributed by atoms with E-state index in [-0.39, 0.29) is 5.75 Å². The third kappa shape index (κ3) is 2.62. The van der Waals surface area contributed by atoms with Crippen LogP contribution in [0.15, 0.2) is 23.6 Å². The summed E-state index contributed by atoms with van der Waals surface area (Å²) >= 11 is 1.34. The highest BCUT2D eigenvalue weighted by atomic mass is 32.2. The minimum atomic E-state index is -3.59. The standard InChI is InChI=1S/C11H10O5S2/c1-15-11(12)7-3-4-10-8(5-7)9(6-17-10)16-18(2,13)14/h3-6H,1-2H3. The Morgan fingerprint density at radius 1 is 1.33 bits per heavy atom. The molecule has 5 nitrogen and oxygen atoms in total. The molecule has 0 bridgehead atoms. The van der Waals surface area contributed by atoms with Crippen LogP contribution in [-0.4, -0.2) is 27.8 Å². The molecule has 96 valence electrons. The molecule has 0 saturated heterocycles. The van der Waals surface area contributed by atoms with Crippen molar-refractivity contribution in [1.29, 1.82) is 0 Å². The van der Waals surface area contributed by atoms with Gasteiger partial charge in [0.1, 0.15) is 0 Å². The van der Waals surface area contributed by atoms with Gasteiger partial charge < -0.3 is 8.92 Å². The second-order valence-corrected chi connectivity index (χ2v) is 6.08. The van der Waals surface area contributed by atoms with Gasteiger partial charge in [-0.1, -0.05) is 0 Å². The smallest absolute Gasteiger partial charge is 0.337 e. The van der Waals surface area contributed by atoms with Gasteiger partial charge in [-0.05, 0) is 18.2 Å². The van der Waals surface area contributed by atoms with E-state index in [9.17, 15) is 13.2 Å². The third-order valence-corrected chi connectivity index (χ3v) is 3.62. The fraction of sp³-hybridized carbons (Fsp3) is 0.182. The van der Waals surface area contributed by atoms with Gasteiger partial charge >= 0.3 is 16.1 Å². The Labute approximate surface area is 108 Å². The van der Waals surface area contributed by atoms with Gasteiger partial charge in [0.2, 0.25) is 0 Å². The van der Waals surface area contributed by atoms with Gasteiger partial charge in [0.25, 0.3) is 0 Å². The second-order valence-electron chi connectivity index (χ2n) is 3.59. The topological polar surface area (TPSA) is 69.7 Å². The number of hydrogen-bond donors (Lipinski definition) is 0. The summed E-state index contributed by atoms with van der Waals surface area (Å²) in [5, 5.41) is 2.17. The Morgan fingerprint density at radius 2 is 2.06 bits per heavy atom. The number of hydrogen-bond acceptors (Lipinski definition) is 6. The Balaban J connectivity index is 2.53. The van der Waals surface area contributed by atoms with Gasteiger partial charge in [-0.3, -0.25) is 0 Å². The van der Waals surface area contributed by atoms with Crippen molar-refractivity contribution < 1.29 is 22.1 Å². The lowest BCUT2D eigenvalue weighted by Gasteiger charge is -2.02. The number of carbonyl (C=O) groups excluding carboxylic acids is 1. The zero-order valence-corrected chi connectivity index (χ0v) is 11.3. The zero-order valence-electron chi connectivity index (χ0n) is 9.67. The molecule has 0 aliphatic heterocycles. The van der Waals surface area contributed by atoms with Crippen molar-refractivity contribution >= 4 is 37.5 Å². The van der Waals surface area contributed by atoms with E-state index in [4.69, 9.17) is 4.18 Å². The van der Waals surface area contributed by atoms with Crippen LogP contribution >= 0.6 is 11.3 Å². The van der Waals surface area contributed by atoms with Crippen molar-refractivity contribution in [2.45, 2.75) is 0 Å². The summed E-state index contributed by atoms with van der Waals surface area (Å²) in [5.74, 6) is -0.253. The summed E-state index contributed by atoms with van der Waals surface area (Å²) < 4.78 is 32.5. The average Bonchev–Trinajstić information content (AvgIpc) is 2.68. The van der Waals surface area contributed by atoms with Crippen LogP contribution in [0, 0.1) is 0 Å². The first-order valence-corrected chi connectivity index (χ1v) is 7.59. The molecule has 0 unspecified atom stereocenters. The van der Waals surface area contributed by atoms with Gasteiger partial charge in [0.05, 0.1) is 18.9 Å². The average molecular weight is 286 g/mol. The zero-order chi connectivity index (χ0) is 13.3. The summed E-state index contributed by atoms with van der Waals surface area (Å²) in [4.78, 5) is 11.4. The lowest BCUT2D eigenvalue weighted by atomic mass is 10.1. The van der Waals surface area contributed by atoms with Gasteiger partial charge in [-0.25, -0.2) is 4.79 Å². The van der Waals surface area contributed by atoms with Crippen molar-refractivity contribution in [2.75, 3.05) is 13.4 Å². The number of ether oxygens (including phenoxy) is 1. The number of benzene rings is 1. The number of carbonyl (C=O) groups is 1. The summed E-state index contributed by atoms with van der Waals surface area (Å²) in [6, 6.07) is 4.90. The molecule has 0 radical (unpaired) electrons. The van der Waals surface area contributed by atoms with E-state index in [1.54, 1.807) is 23.6 Å². The molecule has 0 saturated carbocycles. The lowest BCUT2D eigenvalue weighted by molar-refractivity contribution is 0.0601. The van der Waals surface area contributed by atoms with Crippen LogP contribution in [0.1, 0.15) is 10.4 Å². The van der Waals surface area contributed by atoms with Crippen LogP contribution < -0.4 is 4.18 Å². The normalized spacial score (nSPS) is 11.4. The molecule has 0 aliphatic rings. The largest absolute Gasteiger partial charge is 0.465 e. The summed E-state index contributed by atoms with van der Waals surface area (Å²) in [6.45, 7) is 0. The molecule has 1 aromatic carbocycles. The highest BCUT2D eigenvalue weighted by molar-refractivity contribution is 7.86. The molecule has 0 spiro atoms. The van der Waals surface area contributed by atoms with E-state index in [1.807, 2.05) is 0 Å². The van der Waals surface area contributed by atoms with Crippen molar-refractivity contribution in [2.24, 2.45) is 0 Å². The van der Waals surface area contributed by atoms with Crippen LogP contribution in [0.3, 0.4) is 0 Å². The minimum absolute atomic E-state index is 0.225. The first kappa shape index (κ1) is 12.8. The molecule has 0 aliphatic carbocycles. The maximum Gasteiger partial charge on any atom is 0.337 e. The minimum Gasteiger partial charge on any atom is -0.465 e. The Hall–Kier alpha value is -1.60. The Bertz CT molecular complexity index is 699. The summed E-state index contributed by atoms with van der Waals surface area (Å²) in [5.41, 5.74) is 0.349. The highest BCUT2D eigenvalue weighted by Crippen LogP contribution is 2.33. The molecule has 1 heterocycles. The molecule has 2 aromatic rings. The molecule has 0 fully saturated rings. The predicted molar refractivity (Wildman–Crippen MR) is 68.6 cm³/mol. The Morgan fingerprint density at radius 3 is 2.67 bits per heavy atom. The molecular weight excluding hydrogens is 276 g/mol. The molecule has 18 heavy (non-hydrogen) atoms. The highest BCUT2D eigenvalue weighted by Gasteiger charge is 2.13. The first-order valence-electron chi connectivity index (χ1n) is 4.90. The van der Waals surface area contributed by atoms with Crippen LogP contribution in [0.2, 0.25) is 0 Å². The summed E-state index contributed by atoms with van der Waals surface area (Å²) in [7, 11) is -2.30. The van der Waals surface area contributed by atoms with Gasteiger partial charge in [0, 0.05) is 15.5 Å². The van der Waals surface area contributed by atoms with Crippen LogP contribution in [-0.2, 0) is 14.9 Å². The number of fused-ring (bicyclic) bond motifs is 1. The number of methoxy groups -OCH3 is 1. The maximum absolute atomic E-state index is 11.4. The third-order valence-electron chi connectivity index (χ3n) is 2.20. The number of thiophene rings is 1. The van der Waals surface area contributed by atoms with Gasteiger partial charge in [0.15, 0.2) is 5.75 Å². The SMILES string of the molecule is COC(=O)c1ccc2scc(OS(C)(=O)=O)c2c1. The quantitative estimate of drug-likeness (QED) is 0.638. The van der Waals surface area contributed by atoms with Crippen LogP contribution in [0.4, 0.5) is 0 Å². The van der Waals surface area contributed by atoms with Gasteiger partial charge in [-0.2, -0.15) is 8.42 Å². The first-order chi connectivity index (χ1) is 8.40. The fourth-order valence-electron chi connectivity index (χ4n) is 1.48. The van der Waals surface area contributed by atoms with Gasteiger partial charge in [-0.15, -0.1) is 11.3 Å². The fourth-order valence-corrected chi connectivity index (χ4v) is 2.85. The van der Waals surface area contributed by atoms with E-state index in [0.29, 0.717) is 10.9 Å². The van der Waals surface area contributed by atoms with E-state index in [2.05, 4.69) is 4.74 Å². The Kier molecular flexibility index (Phi) is 3.27. The van der Waals surface area contributed by atoms with E-state index < -0.39 is 16.1 Å². The molecule has 0 amide bonds. The number of esters is 1. The monoisotopic (exact) mass is 286 g/mol. The lowest BCUT2D eigenvalue weighted by Crippen LogP contribution is -2.05. The van der Waals surface area contributed by atoms with Crippen molar-refractivity contribution in [3.8, 4) is 5.75 Å². The van der Waals surface area contributed by atoms with Crippen LogP contribution in [0.25, 0.3) is 10.1 Å². The molecule has 1 aromatic heterocycles. The summed E-state index contributed by atoms with van der Waals surface area (Å²) in [6.07, 6.45) is 0.973. The molecular formula is C11H10O5S2. The molecule has 2 rings (SSSR count). The second kappa shape index (κ2) is 4.58.